The molecule has 3 fully saturated rings. The number of rotatable bonds is 5. The topological polar surface area (TPSA) is 120 Å². The third-order valence-electron chi connectivity index (χ3n) is 9.08. The molecule has 9 nitrogen and oxygen atoms in total. The summed E-state index contributed by atoms with van der Waals surface area (Å²) in [6.45, 7) is 0.778. The van der Waals surface area contributed by atoms with Crippen LogP contribution in [0, 0.1) is 5.41 Å². The maximum Gasteiger partial charge on any atom is 0.340 e. The molecule has 5 rings (SSSR count). The van der Waals surface area contributed by atoms with Crippen molar-refractivity contribution >= 4 is 23.6 Å². The smallest absolute Gasteiger partial charge is 0.340 e. The van der Waals surface area contributed by atoms with Gasteiger partial charge in [-0.2, -0.15) is 8.78 Å². The van der Waals surface area contributed by atoms with E-state index >= 15 is 8.78 Å². The highest BCUT2D eigenvalue weighted by molar-refractivity contribution is 6.05. The first-order valence-electron chi connectivity index (χ1n) is 14.6. The molecule has 218 valence electrons. The van der Waals surface area contributed by atoms with Crippen molar-refractivity contribution in [3.63, 3.8) is 0 Å². The Kier molecular flexibility index (Phi) is 8.51. The van der Waals surface area contributed by atoms with Crippen LogP contribution < -0.4 is 21.3 Å². The summed E-state index contributed by atoms with van der Waals surface area (Å²) < 4.78 is 31.7. The summed E-state index contributed by atoms with van der Waals surface area (Å²) in [6.07, 6.45) is 8.96. The highest BCUT2D eigenvalue weighted by Crippen LogP contribution is 2.43. The van der Waals surface area contributed by atoms with Crippen LogP contribution in [-0.2, 0) is 27.5 Å². The molecule has 0 aromatic heterocycles. The fraction of sp³-hybridized carbons (Fsp3) is 0.655. The Labute approximate surface area is 233 Å². The van der Waals surface area contributed by atoms with Crippen LogP contribution in [0.15, 0.2) is 18.2 Å². The summed E-state index contributed by atoms with van der Waals surface area (Å²) >= 11 is 0. The van der Waals surface area contributed by atoms with E-state index in [0.717, 1.165) is 38.5 Å². The first kappa shape index (κ1) is 28.6. The van der Waals surface area contributed by atoms with Crippen LogP contribution in [0.1, 0.15) is 92.1 Å². The van der Waals surface area contributed by atoms with Gasteiger partial charge in [-0.05, 0) is 36.5 Å². The lowest BCUT2D eigenvalue weighted by Gasteiger charge is -2.48. The van der Waals surface area contributed by atoms with E-state index in [0.29, 0.717) is 36.1 Å². The minimum Gasteiger partial charge on any atom is -0.347 e. The van der Waals surface area contributed by atoms with Gasteiger partial charge in [-0.3, -0.25) is 29.8 Å². The zero-order valence-corrected chi connectivity index (χ0v) is 22.8. The van der Waals surface area contributed by atoms with Crippen LogP contribution in [0.5, 0.6) is 0 Å². The molecule has 1 aromatic rings. The van der Waals surface area contributed by atoms with Crippen molar-refractivity contribution in [3.05, 3.63) is 34.9 Å². The van der Waals surface area contributed by atoms with Crippen LogP contribution in [0.4, 0.5) is 8.78 Å². The van der Waals surface area contributed by atoms with Gasteiger partial charge in [0.05, 0.1) is 6.04 Å². The van der Waals surface area contributed by atoms with Gasteiger partial charge in [-0.1, -0.05) is 57.1 Å². The lowest BCUT2D eigenvalue weighted by atomic mass is 9.68. The van der Waals surface area contributed by atoms with E-state index in [1.54, 1.807) is 18.2 Å². The number of amides is 4. The third-order valence-corrected chi connectivity index (χ3v) is 9.08. The molecule has 4 amide bonds. The minimum atomic E-state index is -3.60. The quantitative estimate of drug-likeness (QED) is 0.412. The molecule has 1 spiro atoms. The monoisotopic (exact) mass is 559 g/mol. The second kappa shape index (κ2) is 11.9. The number of nitrogens with zero attached hydrogens (tertiary/aromatic N) is 1. The fourth-order valence-corrected chi connectivity index (χ4v) is 6.91. The average molecular weight is 560 g/mol. The van der Waals surface area contributed by atoms with Crippen molar-refractivity contribution < 1.29 is 28.0 Å². The SMILES string of the molecule is O=C1CCC(N2Cc3cc(CNC(=O)C(F)(F)C4NCNCC45CCCCCCCCC5)ccc3C2=O)C(=O)N1. The number of benzene rings is 1. The largest absolute Gasteiger partial charge is 0.347 e. The van der Waals surface area contributed by atoms with Gasteiger partial charge >= 0.3 is 5.92 Å². The van der Waals surface area contributed by atoms with Crippen molar-refractivity contribution in [2.75, 3.05) is 13.2 Å². The molecule has 3 heterocycles. The van der Waals surface area contributed by atoms with Gasteiger partial charge in [-0.25, -0.2) is 0 Å². The van der Waals surface area contributed by atoms with Crippen molar-refractivity contribution in [3.8, 4) is 0 Å². The predicted molar refractivity (Wildman–Crippen MR) is 143 cm³/mol. The Bertz CT molecular complexity index is 1150. The predicted octanol–water partition coefficient (Wildman–Crippen LogP) is 2.73. The zero-order valence-electron chi connectivity index (χ0n) is 22.8. The standard InChI is InChI=1S/C29H39F2N5O4/c30-29(31,26-28(17-32-18-34-26)12-6-4-2-1-3-5-7-13-28)27(40)33-15-19-8-9-21-20(14-19)16-36(25(21)39)22-10-11-23(37)35-24(22)38/h8-9,14,22,26,32,34H,1-7,10-13,15-18H2,(H,33,40)(H,35,37,38). The van der Waals surface area contributed by atoms with Crippen LogP contribution in [0.25, 0.3) is 0 Å². The lowest BCUT2D eigenvalue weighted by molar-refractivity contribution is -0.160. The number of carbonyl (C=O) groups excluding carboxylic acids is 4. The van der Waals surface area contributed by atoms with Gasteiger partial charge in [0.15, 0.2) is 0 Å². The van der Waals surface area contributed by atoms with Crippen LogP contribution in [0.3, 0.4) is 0 Å². The Morgan fingerprint density at radius 1 is 1.05 bits per heavy atom. The van der Waals surface area contributed by atoms with E-state index in [-0.39, 0.29) is 44.4 Å². The Balaban J connectivity index is 1.25. The van der Waals surface area contributed by atoms with E-state index in [2.05, 4.69) is 21.3 Å². The summed E-state index contributed by atoms with van der Waals surface area (Å²) in [6, 6.07) is 2.97. The summed E-state index contributed by atoms with van der Waals surface area (Å²) in [5.41, 5.74) is 0.993. The molecule has 0 bridgehead atoms. The first-order valence-corrected chi connectivity index (χ1v) is 14.6. The average Bonchev–Trinajstić information content (AvgIpc) is 3.26. The van der Waals surface area contributed by atoms with Gasteiger partial charge < -0.3 is 15.5 Å². The van der Waals surface area contributed by atoms with Gasteiger partial charge in [-0.15, -0.1) is 0 Å². The summed E-state index contributed by atoms with van der Waals surface area (Å²) in [5.74, 6) is -6.05. The molecule has 40 heavy (non-hydrogen) atoms. The van der Waals surface area contributed by atoms with E-state index in [4.69, 9.17) is 0 Å². The Morgan fingerprint density at radius 3 is 2.45 bits per heavy atom. The Morgan fingerprint density at radius 2 is 1.75 bits per heavy atom. The maximum atomic E-state index is 15.8. The molecule has 2 unspecified atom stereocenters. The lowest BCUT2D eigenvalue weighted by Crippen LogP contribution is -2.68. The molecular weight excluding hydrogens is 520 g/mol. The number of nitrogens with one attached hydrogen (secondary N) is 4. The summed E-state index contributed by atoms with van der Waals surface area (Å²) in [7, 11) is 0. The molecule has 11 heteroatoms. The molecule has 3 aliphatic heterocycles. The number of hydrogen-bond acceptors (Lipinski definition) is 6. The van der Waals surface area contributed by atoms with Crippen molar-refractivity contribution in [1.82, 2.24) is 26.2 Å². The molecule has 1 saturated carbocycles. The van der Waals surface area contributed by atoms with E-state index in [9.17, 15) is 19.2 Å². The summed E-state index contributed by atoms with van der Waals surface area (Å²) in [4.78, 5) is 51.1. The van der Waals surface area contributed by atoms with Gasteiger partial charge in [0.2, 0.25) is 11.8 Å². The number of hydrogen-bond donors (Lipinski definition) is 4. The molecule has 4 N–H and O–H groups in total. The molecule has 2 atom stereocenters. The normalized spacial score (nSPS) is 25.9. The fourth-order valence-electron chi connectivity index (χ4n) is 6.91. The molecule has 1 aliphatic carbocycles. The number of fused-ring (bicyclic) bond motifs is 1. The van der Waals surface area contributed by atoms with Crippen molar-refractivity contribution in [2.45, 2.75) is 102 Å². The van der Waals surface area contributed by atoms with E-state index < -0.39 is 35.2 Å². The van der Waals surface area contributed by atoms with Crippen LogP contribution in [-0.4, -0.2) is 59.7 Å². The Hall–Kier alpha value is -2.92. The third kappa shape index (κ3) is 5.76. The van der Waals surface area contributed by atoms with E-state index in [1.807, 2.05) is 0 Å². The van der Waals surface area contributed by atoms with Crippen molar-refractivity contribution in [1.29, 1.82) is 0 Å². The molecule has 0 radical (unpaired) electrons. The molecule has 1 aromatic carbocycles. The van der Waals surface area contributed by atoms with Crippen LogP contribution in [0.2, 0.25) is 0 Å². The van der Waals surface area contributed by atoms with Gasteiger partial charge in [0.1, 0.15) is 6.04 Å². The highest BCUT2D eigenvalue weighted by Gasteiger charge is 2.57. The van der Waals surface area contributed by atoms with Crippen LogP contribution >= 0.6 is 0 Å². The number of imide groups is 1. The molecule has 4 aliphatic rings. The zero-order chi connectivity index (χ0) is 28.3. The highest BCUT2D eigenvalue weighted by atomic mass is 19.3. The molecular formula is C29H39F2N5O4. The van der Waals surface area contributed by atoms with E-state index in [1.165, 1.54) is 11.3 Å². The second-order valence-corrected chi connectivity index (χ2v) is 11.8. The maximum absolute atomic E-state index is 15.8. The van der Waals surface area contributed by atoms with Crippen molar-refractivity contribution in [2.24, 2.45) is 5.41 Å². The number of carbonyl (C=O) groups is 4. The first-order chi connectivity index (χ1) is 19.2. The molecule has 2 saturated heterocycles. The van der Waals surface area contributed by atoms with Gasteiger partial charge in [0.25, 0.3) is 11.8 Å². The number of alkyl halides is 2. The summed E-state index contributed by atoms with van der Waals surface area (Å²) in [5, 5.41) is 10.9. The minimum absolute atomic E-state index is 0.105. The van der Waals surface area contributed by atoms with Gasteiger partial charge in [0, 0.05) is 43.7 Å². The second-order valence-electron chi connectivity index (χ2n) is 11.8. The number of halogens is 2. The number of piperidine rings is 1.